The Balaban J connectivity index is 1.71. The monoisotopic (exact) mass is 309 g/mol. The molecule has 2 aliphatic carbocycles. The Hall–Kier alpha value is -1.04. The quantitative estimate of drug-likeness (QED) is 0.617. The van der Waals surface area contributed by atoms with Gasteiger partial charge in [0.15, 0.2) is 5.16 Å². The summed E-state index contributed by atoms with van der Waals surface area (Å²) in [7, 11) is 0. The van der Waals surface area contributed by atoms with Gasteiger partial charge in [0.1, 0.15) is 16.7 Å². The van der Waals surface area contributed by atoms with E-state index in [-0.39, 0.29) is 11.2 Å². The second-order valence-electron chi connectivity index (χ2n) is 7.01. The summed E-state index contributed by atoms with van der Waals surface area (Å²) in [4.78, 5) is 12.1. The van der Waals surface area contributed by atoms with Crippen LogP contribution in [0.3, 0.4) is 0 Å². The molecule has 1 atom stereocenters. The van der Waals surface area contributed by atoms with E-state index in [0.29, 0.717) is 12.0 Å². The Morgan fingerprint density at radius 3 is 2.48 bits per heavy atom. The van der Waals surface area contributed by atoms with Gasteiger partial charge in [0.05, 0.1) is 0 Å². The first-order valence-electron chi connectivity index (χ1n) is 7.69. The Kier molecular flexibility index (Phi) is 3.76. The van der Waals surface area contributed by atoms with Gasteiger partial charge < -0.3 is 9.30 Å². The lowest BCUT2D eigenvalue weighted by Gasteiger charge is -2.22. The van der Waals surface area contributed by atoms with Crippen LogP contribution >= 0.6 is 11.8 Å². The third-order valence-corrected chi connectivity index (χ3v) is 4.60. The van der Waals surface area contributed by atoms with Crippen molar-refractivity contribution in [2.45, 2.75) is 81.3 Å². The fourth-order valence-electron chi connectivity index (χ4n) is 2.26. The number of rotatable bonds is 5. The molecule has 1 aromatic rings. The third-order valence-electron chi connectivity index (χ3n) is 3.57. The number of carbonyl (C=O) groups excluding carboxylic acids is 1. The Morgan fingerprint density at radius 2 is 1.95 bits per heavy atom. The topological polar surface area (TPSA) is 57.0 Å². The van der Waals surface area contributed by atoms with E-state index in [0.717, 1.165) is 11.0 Å². The fraction of sp³-hybridized carbons (Fsp3) is 0.800. The molecule has 0 bridgehead atoms. The summed E-state index contributed by atoms with van der Waals surface area (Å²) >= 11 is 1.47. The number of aromatic nitrogens is 3. The first-order chi connectivity index (χ1) is 9.85. The van der Waals surface area contributed by atoms with Gasteiger partial charge in [-0.3, -0.25) is 4.79 Å². The van der Waals surface area contributed by atoms with E-state index in [2.05, 4.69) is 14.8 Å². The van der Waals surface area contributed by atoms with Crippen molar-refractivity contribution in [1.29, 1.82) is 0 Å². The van der Waals surface area contributed by atoms with Crippen LogP contribution in [0.2, 0.25) is 0 Å². The Labute approximate surface area is 129 Å². The molecule has 21 heavy (non-hydrogen) atoms. The molecule has 2 fully saturated rings. The molecule has 0 amide bonds. The maximum atomic E-state index is 12.1. The molecule has 1 aromatic heterocycles. The minimum Gasteiger partial charge on any atom is -0.459 e. The van der Waals surface area contributed by atoms with E-state index in [1.807, 2.05) is 27.7 Å². The molecule has 116 valence electrons. The predicted octanol–water partition coefficient (Wildman–Crippen LogP) is 3.31. The van der Waals surface area contributed by atoms with E-state index < -0.39 is 5.60 Å². The molecule has 3 rings (SSSR count). The van der Waals surface area contributed by atoms with Gasteiger partial charge in [0.25, 0.3) is 0 Å². The number of ether oxygens (including phenoxy) is 1. The molecule has 5 nitrogen and oxygen atoms in total. The van der Waals surface area contributed by atoms with Gasteiger partial charge in [-0.25, -0.2) is 0 Å². The summed E-state index contributed by atoms with van der Waals surface area (Å²) < 4.78 is 7.70. The van der Waals surface area contributed by atoms with Crippen LogP contribution in [0.4, 0.5) is 0 Å². The molecule has 1 unspecified atom stereocenters. The van der Waals surface area contributed by atoms with Crippen LogP contribution in [0.1, 0.15) is 71.2 Å². The van der Waals surface area contributed by atoms with Crippen LogP contribution in [-0.4, -0.2) is 31.6 Å². The van der Waals surface area contributed by atoms with Crippen LogP contribution in [-0.2, 0) is 9.53 Å². The number of nitrogens with zero attached hydrogens (tertiary/aromatic N) is 3. The second kappa shape index (κ2) is 5.30. The molecule has 2 aliphatic rings. The van der Waals surface area contributed by atoms with Crippen molar-refractivity contribution < 1.29 is 9.53 Å². The maximum Gasteiger partial charge on any atom is 0.319 e. The first kappa shape index (κ1) is 14.9. The Bertz CT molecular complexity index is 542. The lowest BCUT2D eigenvalue weighted by Crippen LogP contribution is -2.29. The number of carbonyl (C=O) groups is 1. The number of thioether (sulfide) groups is 1. The smallest absolute Gasteiger partial charge is 0.319 e. The highest BCUT2D eigenvalue weighted by atomic mass is 32.2. The predicted molar refractivity (Wildman–Crippen MR) is 81.4 cm³/mol. The molecule has 0 radical (unpaired) electrons. The van der Waals surface area contributed by atoms with E-state index in [1.165, 1.54) is 37.4 Å². The number of hydrogen-bond donors (Lipinski definition) is 0. The Morgan fingerprint density at radius 1 is 1.29 bits per heavy atom. The zero-order chi connectivity index (χ0) is 15.2. The summed E-state index contributed by atoms with van der Waals surface area (Å²) in [6.45, 7) is 7.54. The average Bonchev–Trinajstić information content (AvgIpc) is 3.27. The number of hydrogen-bond acceptors (Lipinski definition) is 5. The molecule has 6 heteroatoms. The van der Waals surface area contributed by atoms with Crippen LogP contribution in [0, 0.1) is 0 Å². The molecule has 0 N–H and O–H groups in total. The van der Waals surface area contributed by atoms with Gasteiger partial charge in [0.2, 0.25) is 0 Å². The summed E-state index contributed by atoms with van der Waals surface area (Å²) in [5.41, 5.74) is -0.449. The van der Waals surface area contributed by atoms with Crippen LogP contribution in [0.15, 0.2) is 5.16 Å². The normalized spacial score (nSPS) is 20.4. The third kappa shape index (κ3) is 3.59. The second-order valence-corrected chi connectivity index (χ2v) is 8.32. The van der Waals surface area contributed by atoms with E-state index >= 15 is 0 Å². The van der Waals surface area contributed by atoms with E-state index in [9.17, 15) is 4.79 Å². The van der Waals surface area contributed by atoms with Crippen molar-refractivity contribution in [3.05, 3.63) is 5.82 Å². The lowest BCUT2D eigenvalue weighted by atomic mass is 10.2. The summed E-state index contributed by atoms with van der Waals surface area (Å²) in [6, 6.07) is 0.545. The maximum absolute atomic E-state index is 12.1. The van der Waals surface area contributed by atoms with Crippen molar-refractivity contribution in [2.75, 3.05) is 0 Å². The summed E-state index contributed by atoms with van der Waals surface area (Å²) in [5.74, 6) is 1.52. The lowest BCUT2D eigenvalue weighted by molar-refractivity contribution is -0.153. The highest BCUT2D eigenvalue weighted by molar-refractivity contribution is 8.00. The molecule has 0 aliphatic heterocycles. The van der Waals surface area contributed by atoms with Crippen molar-refractivity contribution >= 4 is 17.7 Å². The average molecular weight is 309 g/mol. The highest BCUT2D eigenvalue weighted by Crippen LogP contribution is 2.46. The zero-order valence-electron chi connectivity index (χ0n) is 13.1. The van der Waals surface area contributed by atoms with Gasteiger partial charge in [-0.15, -0.1) is 10.2 Å². The zero-order valence-corrected chi connectivity index (χ0v) is 13.9. The van der Waals surface area contributed by atoms with E-state index in [4.69, 9.17) is 4.74 Å². The summed E-state index contributed by atoms with van der Waals surface area (Å²) in [6.07, 6.45) is 4.84. The van der Waals surface area contributed by atoms with Crippen molar-refractivity contribution in [3.63, 3.8) is 0 Å². The van der Waals surface area contributed by atoms with Crippen LogP contribution < -0.4 is 0 Å². The summed E-state index contributed by atoms with van der Waals surface area (Å²) in [5, 5.41) is 9.30. The molecular formula is C15H23N3O2S. The van der Waals surface area contributed by atoms with Gasteiger partial charge >= 0.3 is 5.97 Å². The molecule has 0 spiro atoms. The van der Waals surface area contributed by atoms with Crippen LogP contribution in [0.25, 0.3) is 0 Å². The largest absolute Gasteiger partial charge is 0.459 e. The SMILES string of the molecule is CC(Sc1nnc(C2CC2)n1C1CC1)C(=O)OC(C)(C)C. The van der Waals surface area contributed by atoms with Crippen molar-refractivity contribution in [3.8, 4) is 0 Å². The molecule has 2 saturated carbocycles. The van der Waals surface area contributed by atoms with Crippen molar-refractivity contribution in [1.82, 2.24) is 14.8 Å². The molecule has 0 saturated heterocycles. The highest BCUT2D eigenvalue weighted by Gasteiger charge is 2.37. The standard InChI is InChI=1S/C15H23N3O2S/c1-9(13(19)20-15(2,3)4)21-14-17-16-12(10-5-6-10)18(14)11-7-8-11/h9-11H,5-8H2,1-4H3. The van der Waals surface area contributed by atoms with Gasteiger partial charge in [0, 0.05) is 12.0 Å². The molecular weight excluding hydrogens is 286 g/mol. The minimum atomic E-state index is -0.449. The van der Waals surface area contributed by atoms with Gasteiger partial charge in [-0.2, -0.15) is 0 Å². The van der Waals surface area contributed by atoms with E-state index in [1.54, 1.807) is 0 Å². The first-order valence-corrected chi connectivity index (χ1v) is 8.57. The van der Waals surface area contributed by atoms with Gasteiger partial charge in [-0.1, -0.05) is 11.8 Å². The minimum absolute atomic E-state index is 0.189. The van der Waals surface area contributed by atoms with Crippen molar-refractivity contribution in [2.24, 2.45) is 0 Å². The van der Waals surface area contributed by atoms with Crippen LogP contribution in [0.5, 0.6) is 0 Å². The fourth-order valence-corrected chi connectivity index (χ4v) is 3.16. The number of esters is 1. The van der Waals surface area contributed by atoms with Gasteiger partial charge in [-0.05, 0) is 53.4 Å². The molecule has 0 aromatic carbocycles. The molecule has 1 heterocycles.